The van der Waals surface area contributed by atoms with Crippen LogP contribution in [-0.4, -0.2) is 52.7 Å². The molecule has 2 aromatic carbocycles. The van der Waals surface area contributed by atoms with E-state index in [0.717, 1.165) is 42.7 Å². The second-order valence-electron chi connectivity index (χ2n) is 13.8. The van der Waals surface area contributed by atoms with Crippen molar-refractivity contribution in [3.63, 3.8) is 0 Å². The van der Waals surface area contributed by atoms with Gasteiger partial charge in [-0.1, -0.05) is 121 Å². The van der Waals surface area contributed by atoms with Crippen molar-refractivity contribution in [3.05, 3.63) is 65.2 Å². The van der Waals surface area contributed by atoms with Gasteiger partial charge in [0.05, 0.1) is 18.8 Å². The Labute approximate surface area is 296 Å². The van der Waals surface area contributed by atoms with Crippen molar-refractivity contribution in [2.45, 2.75) is 155 Å². The Morgan fingerprint density at radius 3 is 2.00 bits per heavy atom. The molecule has 0 unspecified atom stereocenters. The standard InChI is InChI=1S/C41H64N2O6/c1-3-5-7-9-11-16-27-43(28-17-12-10-8-6-4-2)31-37-30-38(34-25-23-33(32-44)24-26-34)49-41(48-37)35-19-18-20-36(29-35)42-39(45)21-14-13-15-22-40(46)47/h18-20,23-26,29,37-38,41,44H,3-17,21-22,27-28,30-32H2,1-2H3,(H,42,45)(H,46,47)/t37-,38+,41+/m0/s1. The average Bonchev–Trinajstić information content (AvgIpc) is 3.10. The van der Waals surface area contributed by atoms with Crippen LogP contribution in [0.3, 0.4) is 0 Å². The third kappa shape index (κ3) is 16.7. The lowest BCUT2D eigenvalue weighted by Crippen LogP contribution is -2.40. The highest BCUT2D eigenvalue weighted by Gasteiger charge is 2.33. The fourth-order valence-corrected chi connectivity index (χ4v) is 6.57. The van der Waals surface area contributed by atoms with Gasteiger partial charge in [0.15, 0.2) is 6.29 Å². The molecule has 0 aliphatic carbocycles. The molecule has 1 heterocycles. The van der Waals surface area contributed by atoms with Crippen LogP contribution in [0, 0.1) is 0 Å². The van der Waals surface area contributed by atoms with Gasteiger partial charge in [-0.15, -0.1) is 0 Å². The normalized spacial score (nSPS) is 17.8. The Morgan fingerprint density at radius 2 is 1.37 bits per heavy atom. The Kier molecular flexibility index (Phi) is 20.2. The molecular formula is C41H64N2O6. The predicted molar refractivity (Wildman–Crippen MR) is 197 cm³/mol. The summed E-state index contributed by atoms with van der Waals surface area (Å²) in [6.45, 7) is 7.56. The van der Waals surface area contributed by atoms with Crippen LogP contribution in [0.2, 0.25) is 0 Å². The van der Waals surface area contributed by atoms with Gasteiger partial charge < -0.3 is 29.9 Å². The molecule has 3 N–H and O–H groups in total. The molecule has 49 heavy (non-hydrogen) atoms. The number of nitrogens with one attached hydrogen (secondary N) is 1. The van der Waals surface area contributed by atoms with Crippen molar-refractivity contribution >= 4 is 17.6 Å². The highest BCUT2D eigenvalue weighted by atomic mass is 16.7. The zero-order valence-corrected chi connectivity index (χ0v) is 30.4. The monoisotopic (exact) mass is 680 g/mol. The number of unbranched alkanes of at least 4 members (excludes halogenated alkanes) is 12. The van der Waals surface area contributed by atoms with Crippen LogP contribution in [0.5, 0.6) is 0 Å². The third-order valence-corrected chi connectivity index (χ3v) is 9.47. The third-order valence-electron chi connectivity index (χ3n) is 9.47. The largest absolute Gasteiger partial charge is 0.481 e. The summed E-state index contributed by atoms with van der Waals surface area (Å²) >= 11 is 0. The molecule has 0 spiro atoms. The number of carbonyl (C=O) groups excluding carboxylic acids is 1. The number of aliphatic hydroxyl groups excluding tert-OH is 1. The summed E-state index contributed by atoms with van der Waals surface area (Å²) in [5.41, 5.74) is 3.50. The van der Waals surface area contributed by atoms with Crippen LogP contribution in [0.4, 0.5) is 5.69 Å². The van der Waals surface area contributed by atoms with E-state index in [1.54, 1.807) is 0 Å². The molecule has 1 aliphatic rings. The summed E-state index contributed by atoms with van der Waals surface area (Å²) in [4.78, 5) is 26.0. The van der Waals surface area contributed by atoms with Gasteiger partial charge >= 0.3 is 5.97 Å². The molecule has 0 saturated carbocycles. The summed E-state index contributed by atoms with van der Waals surface area (Å²) in [6, 6.07) is 15.7. The number of aliphatic carboxylic acids is 1. The zero-order chi connectivity index (χ0) is 35.1. The van der Waals surface area contributed by atoms with E-state index in [0.29, 0.717) is 31.4 Å². The maximum absolute atomic E-state index is 12.7. The fourth-order valence-electron chi connectivity index (χ4n) is 6.57. The zero-order valence-electron chi connectivity index (χ0n) is 30.4. The molecular weight excluding hydrogens is 616 g/mol. The minimum absolute atomic E-state index is 0.00681. The van der Waals surface area contributed by atoms with Gasteiger partial charge in [-0.25, -0.2) is 0 Å². The smallest absolute Gasteiger partial charge is 0.303 e. The highest BCUT2D eigenvalue weighted by Crippen LogP contribution is 2.39. The van der Waals surface area contributed by atoms with Crippen LogP contribution in [0.15, 0.2) is 48.5 Å². The first-order valence-corrected chi connectivity index (χ1v) is 19.3. The van der Waals surface area contributed by atoms with E-state index in [-0.39, 0.29) is 31.1 Å². The van der Waals surface area contributed by atoms with Crippen molar-refractivity contribution in [2.75, 3.05) is 25.0 Å². The van der Waals surface area contributed by atoms with Crippen LogP contribution < -0.4 is 5.32 Å². The Bertz CT molecular complexity index is 1170. The lowest BCUT2D eigenvalue weighted by molar-refractivity contribution is -0.253. The number of anilines is 1. The van der Waals surface area contributed by atoms with Gasteiger partial charge in [-0.2, -0.15) is 0 Å². The summed E-state index contributed by atoms with van der Waals surface area (Å²) in [5.74, 6) is -0.888. The number of hydrogen-bond donors (Lipinski definition) is 3. The maximum atomic E-state index is 12.7. The molecule has 0 bridgehead atoms. The molecule has 1 amide bonds. The van der Waals surface area contributed by atoms with Gasteiger partial charge in [-0.05, 0) is 62.0 Å². The van der Waals surface area contributed by atoms with Crippen LogP contribution in [-0.2, 0) is 25.7 Å². The lowest BCUT2D eigenvalue weighted by Gasteiger charge is -2.38. The summed E-state index contributed by atoms with van der Waals surface area (Å²) in [7, 11) is 0. The van der Waals surface area contributed by atoms with Crippen molar-refractivity contribution < 1.29 is 29.3 Å². The topological polar surface area (TPSA) is 108 Å². The van der Waals surface area contributed by atoms with Crippen molar-refractivity contribution in [1.82, 2.24) is 4.90 Å². The number of carboxylic acids is 1. The van der Waals surface area contributed by atoms with E-state index in [1.165, 1.54) is 77.0 Å². The number of hydrogen-bond acceptors (Lipinski definition) is 6. The van der Waals surface area contributed by atoms with Crippen LogP contribution >= 0.6 is 0 Å². The summed E-state index contributed by atoms with van der Waals surface area (Å²) in [5, 5.41) is 21.4. The number of carbonyl (C=O) groups is 2. The minimum Gasteiger partial charge on any atom is -0.481 e. The fraction of sp³-hybridized carbons (Fsp3) is 0.659. The second-order valence-corrected chi connectivity index (χ2v) is 13.8. The molecule has 2 aromatic rings. The molecule has 0 radical (unpaired) electrons. The Hall–Kier alpha value is -2.78. The predicted octanol–water partition coefficient (Wildman–Crippen LogP) is 9.72. The molecule has 0 aromatic heterocycles. The van der Waals surface area contributed by atoms with E-state index < -0.39 is 12.3 Å². The van der Waals surface area contributed by atoms with Crippen LogP contribution in [0.1, 0.15) is 159 Å². The van der Waals surface area contributed by atoms with Crippen LogP contribution in [0.25, 0.3) is 0 Å². The van der Waals surface area contributed by atoms with E-state index >= 15 is 0 Å². The van der Waals surface area contributed by atoms with Crippen molar-refractivity contribution in [1.29, 1.82) is 0 Å². The number of rotatable bonds is 26. The summed E-state index contributed by atoms with van der Waals surface area (Å²) in [6.07, 6.45) is 17.8. The number of nitrogens with zero attached hydrogens (tertiary/aromatic N) is 1. The first-order valence-electron chi connectivity index (χ1n) is 19.3. The molecule has 3 rings (SSSR count). The number of carboxylic acid groups (broad SMARTS) is 1. The molecule has 8 nitrogen and oxygen atoms in total. The molecule has 274 valence electrons. The van der Waals surface area contributed by atoms with E-state index in [4.69, 9.17) is 14.6 Å². The lowest BCUT2D eigenvalue weighted by atomic mass is 9.99. The SMILES string of the molecule is CCCCCCCCN(CCCCCCCC)C[C@@H]1C[C@H](c2ccc(CO)cc2)O[C@H](c2cccc(NC(=O)CCCCCC(=O)O)c2)O1. The Balaban J connectivity index is 1.70. The number of amides is 1. The van der Waals surface area contributed by atoms with Gasteiger partial charge in [0.2, 0.25) is 5.91 Å². The quantitative estimate of drug-likeness (QED) is 0.0849. The van der Waals surface area contributed by atoms with Gasteiger partial charge in [0, 0.05) is 37.1 Å². The van der Waals surface area contributed by atoms with Gasteiger partial charge in [-0.3, -0.25) is 9.59 Å². The van der Waals surface area contributed by atoms with Crippen molar-refractivity contribution in [3.8, 4) is 0 Å². The number of ether oxygens (including phenoxy) is 2. The average molecular weight is 681 g/mol. The second kappa shape index (κ2) is 24.4. The molecule has 3 atom stereocenters. The first kappa shape index (κ1) is 40.6. The van der Waals surface area contributed by atoms with E-state index in [9.17, 15) is 14.7 Å². The maximum Gasteiger partial charge on any atom is 0.303 e. The number of benzene rings is 2. The molecule has 1 aliphatic heterocycles. The molecule has 1 saturated heterocycles. The van der Waals surface area contributed by atoms with E-state index in [2.05, 4.69) is 24.1 Å². The van der Waals surface area contributed by atoms with E-state index in [1.807, 2.05) is 48.5 Å². The first-order chi connectivity index (χ1) is 23.9. The molecule has 1 fully saturated rings. The van der Waals surface area contributed by atoms with Gasteiger partial charge in [0.25, 0.3) is 0 Å². The molecule has 8 heteroatoms. The minimum atomic E-state index is -0.802. The van der Waals surface area contributed by atoms with Gasteiger partial charge in [0.1, 0.15) is 0 Å². The number of aliphatic hydroxyl groups is 1. The van der Waals surface area contributed by atoms with Crippen molar-refractivity contribution in [2.24, 2.45) is 0 Å². The highest BCUT2D eigenvalue weighted by molar-refractivity contribution is 5.90. The summed E-state index contributed by atoms with van der Waals surface area (Å²) < 4.78 is 13.3. The Morgan fingerprint density at radius 1 is 0.755 bits per heavy atom.